The Bertz CT molecular complexity index is 696. The normalized spacial score (nSPS) is 23.1. The Kier molecular flexibility index (Phi) is 5.18. The molecule has 4 nitrogen and oxygen atoms in total. The minimum absolute atomic E-state index is 0.00588. The molecule has 0 unspecified atom stereocenters. The Morgan fingerprint density at radius 3 is 2.12 bits per heavy atom. The van der Waals surface area contributed by atoms with Crippen LogP contribution in [0.2, 0.25) is 0 Å². The predicted octanol–water partition coefficient (Wildman–Crippen LogP) is 2.77. The fraction of sp³-hybridized carbons (Fsp3) is 0.300. The third-order valence-corrected chi connectivity index (χ3v) is 4.52. The van der Waals surface area contributed by atoms with Gasteiger partial charge in [-0.3, -0.25) is 9.59 Å². The molecule has 0 saturated carbocycles. The number of Topliss-reactive ketones (excluding diaryl/α,β-unsaturated/α-hetero) is 2. The van der Waals surface area contributed by atoms with E-state index in [1.54, 1.807) is 36.4 Å². The van der Waals surface area contributed by atoms with Crippen molar-refractivity contribution in [2.45, 2.75) is 12.5 Å². The van der Waals surface area contributed by atoms with Crippen LogP contribution in [0.15, 0.2) is 60.7 Å². The second-order valence-electron chi connectivity index (χ2n) is 6.06. The number of hydrogen-bond acceptors (Lipinski definition) is 4. The van der Waals surface area contributed by atoms with Gasteiger partial charge in [-0.2, -0.15) is 0 Å². The first-order chi connectivity index (χ1) is 11.7. The molecular weight excluding hydrogens is 304 g/mol. The van der Waals surface area contributed by atoms with Crippen molar-refractivity contribution in [3.63, 3.8) is 0 Å². The summed E-state index contributed by atoms with van der Waals surface area (Å²) in [4.78, 5) is 25.3. The third kappa shape index (κ3) is 3.45. The quantitative estimate of drug-likeness (QED) is 0.830. The van der Waals surface area contributed by atoms with Gasteiger partial charge in [0.25, 0.3) is 0 Å². The molecule has 1 heterocycles. The molecule has 1 aliphatic heterocycles. The van der Waals surface area contributed by atoms with Gasteiger partial charge < -0.3 is 9.84 Å². The van der Waals surface area contributed by atoms with Crippen molar-refractivity contribution < 1.29 is 19.4 Å². The maximum atomic E-state index is 12.8. The van der Waals surface area contributed by atoms with Gasteiger partial charge in [0.15, 0.2) is 11.6 Å². The van der Waals surface area contributed by atoms with Crippen molar-refractivity contribution in [1.29, 1.82) is 0 Å². The zero-order chi connectivity index (χ0) is 16.9. The van der Waals surface area contributed by atoms with Gasteiger partial charge in [-0.1, -0.05) is 60.7 Å². The van der Waals surface area contributed by atoms with Crippen molar-refractivity contribution >= 4 is 11.6 Å². The third-order valence-electron chi connectivity index (χ3n) is 4.52. The van der Waals surface area contributed by atoms with Gasteiger partial charge in [0.2, 0.25) is 0 Å². The Hall–Kier alpha value is -2.30. The second-order valence-corrected chi connectivity index (χ2v) is 6.06. The second kappa shape index (κ2) is 7.51. The van der Waals surface area contributed by atoms with Crippen LogP contribution in [0.3, 0.4) is 0 Å². The molecule has 0 aromatic heterocycles. The Morgan fingerprint density at radius 2 is 1.54 bits per heavy atom. The fourth-order valence-corrected chi connectivity index (χ4v) is 3.27. The first kappa shape index (κ1) is 16.6. The first-order valence-corrected chi connectivity index (χ1v) is 8.10. The number of ether oxygens (including phenoxy) is 1. The Balaban J connectivity index is 1.79. The fourth-order valence-electron chi connectivity index (χ4n) is 3.27. The lowest BCUT2D eigenvalue weighted by molar-refractivity contribution is 0.0374. The van der Waals surface area contributed by atoms with E-state index in [1.807, 2.05) is 24.3 Å². The minimum atomic E-state index is -0.550. The molecule has 0 radical (unpaired) electrons. The van der Waals surface area contributed by atoms with Gasteiger partial charge in [-0.15, -0.1) is 0 Å². The van der Waals surface area contributed by atoms with Crippen molar-refractivity contribution in [3.8, 4) is 0 Å². The average molecular weight is 324 g/mol. The zero-order valence-electron chi connectivity index (χ0n) is 13.3. The van der Waals surface area contributed by atoms with E-state index in [4.69, 9.17) is 4.74 Å². The molecule has 0 aliphatic carbocycles. The molecule has 0 amide bonds. The molecule has 4 heteroatoms. The highest BCUT2D eigenvalue weighted by Gasteiger charge is 2.42. The molecule has 1 N–H and O–H groups in total. The molecule has 124 valence electrons. The molecule has 3 atom stereocenters. The topological polar surface area (TPSA) is 63.6 Å². The molecule has 0 bridgehead atoms. The van der Waals surface area contributed by atoms with E-state index < -0.39 is 12.0 Å². The van der Waals surface area contributed by atoms with E-state index in [2.05, 4.69) is 0 Å². The van der Waals surface area contributed by atoms with Crippen LogP contribution in [0, 0.1) is 11.8 Å². The van der Waals surface area contributed by atoms with Gasteiger partial charge in [0.1, 0.15) is 0 Å². The van der Waals surface area contributed by atoms with Gasteiger partial charge in [-0.05, 0) is 0 Å². The summed E-state index contributed by atoms with van der Waals surface area (Å²) < 4.78 is 5.58. The van der Waals surface area contributed by atoms with Crippen LogP contribution in [-0.4, -0.2) is 36.0 Å². The van der Waals surface area contributed by atoms with E-state index in [-0.39, 0.29) is 30.5 Å². The standard InChI is InChI=1S/C20H20O4/c21-12-18-19(20(23)15-9-5-2-6-10-15)16(13-24-18)11-17(22)14-7-3-1-4-8-14/h1-10,16,18-19,21H,11-13H2/t16-,18-,19+/m0/s1. The lowest BCUT2D eigenvalue weighted by Gasteiger charge is -2.20. The summed E-state index contributed by atoms with van der Waals surface area (Å²) in [7, 11) is 0. The highest BCUT2D eigenvalue weighted by Crippen LogP contribution is 2.33. The Labute approximate surface area is 141 Å². The summed E-state index contributed by atoms with van der Waals surface area (Å²) in [5, 5.41) is 9.54. The number of aliphatic hydroxyl groups is 1. The Morgan fingerprint density at radius 1 is 0.958 bits per heavy atom. The average Bonchev–Trinajstić information content (AvgIpc) is 3.05. The molecule has 24 heavy (non-hydrogen) atoms. The van der Waals surface area contributed by atoms with E-state index >= 15 is 0 Å². The van der Waals surface area contributed by atoms with Crippen molar-refractivity contribution in [3.05, 3.63) is 71.8 Å². The predicted molar refractivity (Wildman–Crippen MR) is 90.0 cm³/mol. The summed E-state index contributed by atoms with van der Waals surface area (Å²) in [6.45, 7) is 0.0896. The SMILES string of the molecule is O=C(C[C@H]1CO[C@@H](CO)[C@@H]1C(=O)c1ccccc1)c1ccccc1. The van der Waals surface area contributed by atoms with Gasteiger partial charge in [-0.25, -0.2) is 0 Å². The number of ketones is 2. The molecule has 0 spiro atoms. The zero-order valence-corrected chi connectivity index (χ0v) is 13.3. The van der Waals surface area contributed by atoms with E-state index in [9.17, 15) is 14.7 Å². The monoisotopic (exact) mass is 324 g/mol. The smallest absolute Gasteiger partial charge is 0.169 e. The van der Waals surface area contributed by atoms with Crippen LogP contribution < -0.4 is 0 Å². The minimum Gasteiger partial charge on any atom is -0.394 e. The summed E-state index contributed by atoms with van der Waals surface area (Å²) in [5.41, 5.74) is 1.22. The van der Waals surface area contributed by atoms with Gasteiger partial charge >= 0.3 is 0 Å². The van der Waals surface area contributed by atoms with Crippen LogP contribution in [-0.2, 0) is 4.74 Å². The van der Waals surface area contributed by atoms with E-state index in [0.717, 1.165) is 0 Å². The molecule has 1 saturated heterocycles. The molecule has 1 aliphatic rings. The highest BCUT2D eigenvalue weighted by molar-refractivity contribution is 6.00. The molecule has 1 fully saturated rings. The number of hydrogen-bond donors (Lipinski definition) is 1. The summed E-state index contributed by atoms with van der Waals surface area (Å²) in [6.07, 6.45) is -0.310. The summed E-state index contributed by atoms with van der Waals surface area (Å²) in [6, 6.07) is 18.0. The van der Waals surface area contributed by atoms with Gasteiger partial charge in [0, 0.05) is 23.5 Å². The maximum absolute atomic E-state index is 12.8. The van der Waals surface area contributed by atoms with Crippen LogP contribution in [0.1, 0.15) is 27.1 Å². The van der Waals surface area contributed by atoms with Crippen LogP contribution in [0.25, 0.3) is 0 Å². The van der Waals surface area contributed by atoms with E-state index in [0.29, 0.717) is 17.7 Å². The van der Waals surface area contributed by atoms with Crippen LogP contribution in [0.5, 0.6) is 0 Å². The number of carbonyl (C=O) groups excluding carboxylic acids is 2. The van der Waals surface area contributed by atoms with Crippen LogP contribution >= 0.6 is 0 Å². The highest BCUT2D eigenvalue weighted by atomic mass is 16.5. The van der Waals surface area contributed by atoms with Crippen LogP contribution in [0.4, 0.5) is 0 Å². The van der Waals surface area contributed by atoms with E-state index in [1.165, 1.54) is 0 Å². The maximum Gasteiger partial charge on any atom is 0.169 e. The number of benzene rings is 2. The van der Waals surface area contributed by atoms with Crippen molar-refractivity contribution in [2.24, 2.45) is 11.8 Å². The number of carbonyl (C=O) groups is 2. The summed E-state index contributed by atoms with van der Waals surface area (Å²) >= 11 is 0. The molecular formula is C20H20O4. The molecule has 2 aromatic rings. The largest absolute Gasteiger partial charge is 0.394 e. The first-order valence-electron chi connectivity index (χ1n) is 8.10. The number of rotatable bonds is 6. The summed E-state index contributed by atoms with van der Waals surface area (Å²) in [5.74, 6) is -0.792. The number of aliphatic hydroxyl groups excluding tert-OH is 1. The lowest BCUT2D eigenvalue weighted by Crippen LogP contribution is -2.32. The van der Waals surface area contributed by atoms with Crippen molar-refractivity contribution in [1.82, 2.24) is 0 Å². The molecule has 2 aromatic carbocycles. The lowest BCUT2D eigenvalue weighted by atomic mass is 9.81. The molecule has 3 rings (SSSR count). The van der Waals surface area contributed by atoms with Crippen molar-refractivity contribution in [2.75, 3.05) is 13.2 Å². The van der Waals surface area contributed by atoms with Gasteiger partial charge in [0.05, 0.1) is 25.2 Å².